The molecule has 0 fully saturated rings. The summed E-state index contributed by atoms with van der Waals surface area (Å²) in [4.78, 5) is 15.1. The predicted molar refractivity (Wildman–Crippen MR) is 88.3 cm³/mol. The molecule has 1 N–H and O–H groups in total. The van der Waals surface area contributed by atoms with Crippen LogP contribution in [0.25, 0.3) is 22.4 Å². The van der Waals surface area contributed by atoms with E-state index in [9.17, 15) is 15.2 Å². The van der Waals surface area contributed by atoms with E-state index in [2.05, 4.69) is 18.8 Å². The van der Waals surface area contributed by atoms with E-state index >= 15 is 0 Å². The van der Waals surface area contributed by atoms with Gasteiger partial charge in [-0.3, -0.25) is 10.1 Å². The Morgan fingerprint density at radius 3 is 2.70 bits per heavy atom. The Morgan fingerprint density at radius 1 is 1.26 bits per heavy atom. The van der Waals surface area contributed by atoms with Crippen molar-refractivity contribution in [2.45, 2.75) is 20.4 Å². The number of imidazole rings is 1. The summed E-state index contributed by atoms with van der Waals surface area (Å²) in [5.41, 5.74) is 2.05. The van der Waals surface area contributed by atoms with Crippen LogP contribution in [-0.2, 0) is 6.54 Å². The second kappa shape index (κ2) is 5.72. The van der Waals surface area contributed by atoms with Crippen LogP contribution in [0.15, 0.2) is 42.5 Å². The molecular weight excluding hydrogens is 294 g/mol. The third-order valence-electron chi connectivity index (χ3n) is 3.63. The molecule has 0 amide bonds. The van der Waals surface area contributed by atoms with Crippen molar-refractivity contribution in [1.82, 2.24) is 9.55 Å². The van der Waals surface area contributed by atoms with Crippen LogP contribution < -0.4 is 0 Å². The zero-order valence-electron chi connectivity index (χ0n) is 12.9. The average molecular weight is 311 g/mol. The first-order valence-corrected chi connectivity index (χ1v) is 7.40. The highest BCUT2D eigenvalue weighted by Gasteiger charge is 2.19. The van der Waals surface area contributed by atoms with Crippen molar-refractivity contribution in [3.63, 3.8) is 0 Å². The lowest BCUT2D eigenvalue weighted by Crippen LogP contribution is -2.06. The first-order chi connectivity index (χ1) is 11.0. The molecule has 0 aliphatic rings. The fourth-order valence-electron chi connectivity index (χ4n) is 2.65. The number of nitro benzene ring substituents is 1. The summed E-state index contributed by atoms with van der Waals surface area (Å²) in [6.07, 6.45) is 0. The molecular formula is C17H17N3O3. The van der Waals surface area contributed by atoms with Gasteiger partial charge in [-0.05, 0) is 24.1 Å². The summed E-state index contributed by atoms with van der Waals surface area (Å²) >= 11 is 0. The van der Waals surface area contributed by atoms with Gasteiger partial charge in [-0.25, -0.2) is 4.98 Å². The highest BCUT2D eigenvalue weighted by Crippen LogP contribution is 2.34. The van der Waals surface area contributed by atoms with E-state index in [1.807, 2.05) is 28.8 Å². The van der Waals surface area contributed by atoms with Gasteiger partial charge in [-0.1, -0.05) is 26.0 Å². The van der Waals surface area contributed by atoms with Gasteiger partial charge in [0.25, 0.3) is 5.69 Å². The molecule has 2 aromatic carbocycles. The quantitative estimate of drug-likeness (QED) is 0.584. The molecule has 23 heavy (non-hydrogen) atoms. The van der Waals surface area contributed by atoms with E-state index in [1.165, 1.54) is 18.2 Å². The number of aromatic hydroxyl groups is 1. The fraction of sp³-hybridized carbons (Fsp3) is 0.235. The molecule has 0 aliphatic carbocycles. The number of para-hydroxylation sites is 2. The highest BCUT2D eigenvalue weighted by molar-refractivity contribution is 5.82. The molecule has 0 bridgehead atoms. The Kier molecular flexibility index (Phi) is 3.73. The molecule has 3 rings (SSSR count). The lowest BCUT2D eigenvalue weighted by atomic mass is 10.1. The molecule has 0 saturated carbocycles. The summed E-state index contributed by atoms with van der Waals surface area (Å²) < 4.78 is 2.00. The van der Waals surface area contributed by atoms with Crippen LogP contribution in [0.5, 0.6) is 5.75 Å². The standard InChI is InChI=1S/C17H17N3O3/c1-11(2)10-19-15-6-4-3-5-14(15)18-17(19)13-9-12(20(22)23)7-8-16(13)21/h3-9,11,21H,10H2,1-2H3. The SMILES string of the molecule is CC(C)Cn1c(-c2cc([N+](=O)[O-])ccc2O)nc2ccccc21. The number of phenols is 1. The van der Waals surface area contributed by atoms with E-state index in [-0.39, 0.29) is 11.4 Å². The third kappa shape index (κ3) is 2.75. The van der Waals surface area contributed by atoms with Crippen LogP contribution in [-0.4, -0.2) is 19.6 Å². The molecule has 0 atom stereocenters. The number of hydrogen-bond donors (Lipinski definition) is 1. The van der Waals surface area contributed by atoms with Crippen molar-refractivity contribution in [2.75, 3.05) is 0 Å². The van der Waals surface area contributed by atoms with Crippen molar-refractivity contribution in [1.29, 1.82) is 0 Å². The Morgan fingerprint density at radius 2 is 2.00 bits per heavy atom. The minimum absolute atomic E-state index is 0.0177. The lowest BCUT2D eigenvalue weighted by molar-refractivity contribution is -0.384. The van der Waals surface area contributed by atoms with Crippen LogP contribution in [0, 0.1) is 16.0 Å². The minimum Gasteiger partial charge on any atom is -0.507 e. The van der Waals surface area contributed by atoms with Crippen LogP contribution in [0.3, 0.4) is 0 Å². The lowest BCUT2D eigenvalue weighted by Gasteiger charge is -2.12. The van der Waals surface area contributed by atoms with Crippen LogP contribution in [0.4, 0.5) is 5.69 Å². The number of hydrogen-bond acceptors (Lipinski definition) is 4. The number of fused-ring (bicyclic) bond motifs is 1. The molecule has 1 aromatic heterocycles. The number of aromatic nitrogens is 2. The van der Waals surface area contributed by atoms with Crippen LogP contribution in [0.2, 0.25) is 0 Å². The summed E-state index contributed by atoms with van der Waals surface area (Å²) in [5, 5.41) is 21.2. The third-order valence-corrected chi connectivity index (χ3v) is 3.63. The van der Waals surface area contributed by atoms with Crippen molar-refractivity contribution >= 4 is 16.7 Å². The van der Waals surface area contributed by atoms with Crippen LogP contribution >= 0.6 is 0 Å². The largest absolute Gasteiger partial charge is 0.507 e. The normalized spacial score (nSPS) is 11.3. The second-order valence-corrected chi connectivity index (χ2v) is 5.89. The molecule has 0 unspecified atom stereocenters. The van der Waals surface area contributed by atoms with Crippen molar-refractivity contribution in [2.24, 2.45) is 5.92 Å². The summed E-state index contributed by atoms with van der Waals surface area (Å²) in [6, 6.07) is 11.7. The van der Waals surface area contributed by atoms with E-state index in [0.29, 0.717) is 23.9 Å². The summed E-state index contributed by atoms with van der Waals surface area (Å²) in [6.45, 7) is 4.88. The maximum absolute atomic E-state index is 11.0. The van der Waals surface area contributed by atoms with Gasteiger partial charge < -0.3 is 9.67 Å². The number of nitro groups is 1. The first-order valence-electron chi connectivity index (χ1n) is 7.40. The minimum atomic E-state index is -0.474. The zero-order chi connectivity index (χ0) is 16.6. The maximum atomic E-state index is 11.0. The molecule has 0 spiro atoms. The van der Waals surface area contributed by atoms with Gasteiger partial charge in [0.15, 0.2) is 0 Å². The molecule has 6 nitrogen and oxygen atoms in total. The maximum Gasteiger partial charge on any atom is 0.270 e. The topological polar surface area (TPSA) is 81.2 Å². The Hall–Kier alpha value is -2.89. The van der Waals surface area contributed by atoms with E-state index in [4.69, 9.17) is 0 Å². The van der Waals surface area contributed by atoms with E-state index in [0.717, 1.165) is 11.0 Å². The molecule has 118 valence electrons. The number of non-ortho nitro benzene ring substituents is 1. The fourth-order valence-corrected chi connectivity index (χ4v) is 2.65. The number of phenolic OH excluding ortho intramolecular Hbond substituents is 1. The van der Waals surface area contributed by atoms with Crippen molar-refractivity contribution in [3.05, 3.63) is 52.6 Å². The molecule has 3 aromatic rings. The predicted octanol–water partition coefficient (Wildman–Crippen LogP) is 3.97. The second-order valence-electron chi connectivity index (χ2n) is 5.89. The highest BCUT2D eigenvalue weighted by atomic mass is 16.6. The van der Waals surface area contributed by atoms with Gasteiger partial charge >= 0.3 is 0 Å². The number of nitrogens with zero attached hydrogens (tertiary/aromatic N) is 3. The molecule has 1 heterocycles. The monoisotopic (exact) mass is 311 g/mol. The Balaban J connectivity index is 2.27. The number of rotatable bonds is 4. The first kappa shape index (κ1) is 15.0. The molecule has 6 heteroatoms. The number of benzene rings is 2. The van der Waals surface area contributed by atoms with Gasteiger partial charge in [0.1, 0.15) is 11.6 Å². The summed E-state index contributed by atoms with van der Waals surface area (Å²) in [5.74, 6) is 0.893. The van der Waals surface area contributed by atoms with Gasteiger partial charge in [-0.2, -0.15) is 0 Å². The average Bonchev–Trinajstić information content (AvgIpc) is 2.85. The summed E-state index contributed by atoms with van der Waals surface area (Å²) in [7, 11) is 0. The van der Waals surface area contributed by atoms with Gasteiger partial charge in [0, 0.05) is 18.7 Å². The van der Waals surface area contributed by atoms with Crippen molar-refractivity contribution in [3.8, 4) is 17.1 Å². The van der Waals surface area contributed by atoms with E-state index in [1.54, 1.807) is 0 Å². The van der Waals surface area contributed by atoms with E-state index < -0.39 is 4.92 Å². The van der Waals surface area contributed by atoms with Gasteiger partial charge in [0.05, 0.1) is 21.5 Å². The molecule has 0 radical (unpaired) electrons. The van der Waals surface area contributed by atoms with Crippen LogP contribution in [0.1, 0.15) is 13.8 Å². The van der Waals surface area contributed by atoms with Gasteiger partial charge in [0.2, 0.25) is 0 Å². The zero-order valence-corrected chi connectivity index (χ0v) is 12.9. The molecule has 0 aliphatic heterocycles. The Bertz CT molecular complexity index is 884. The Labute approximate surface area is 133 Å². The smallest absolute Gasteiger partial charge is 0.270 e. The van der Waals surface area contributed by atoms with Gasteiger partial charge in [-0.15, -0.1) is 0 Å². The van der Waals surface area contributed by atoms with Crippen molar-refractivity contribution < 1.29 is 10.0 Å². The molecule has 0 saturated heterocycles.